The number of rotatable bonds is 0. The molecule has 1 unspecified atom stereocenters. The highest BCUT2D eigenvalue weighted by Gasteiger charge is 2.32. The normalized spacial score (nSPS) is 50.9. The van der Waals surface area contributed by atoms with Gasteiger partial charge in [0.1, 0.15) is 0 Å². The second-order valence-corrected chi connectivity index (χ2v) is 3.51. The van der Waals surface area contributed by atoms with Gasteiger partial charge in [-0.2, -0.15) is 12.6 Å². The van der Waals surface area contributed by atoms with Crippen molar-refractivity contribution in [3.05, 3.63) is 12.2 Å². The van der Waals surface area contributed by atoms with Crippen LogP contribution in [0.5, 0.6) is 0 Å². The maximum absolute atomic E-state index is 4.45. The number of hydrogen-bond donors (Lipinski definition) is 1. The molecular formula is C7H10S. The Morgan fingerprint density at radius 3 is 2.38 bits per heavy atom. The van der Waals surface area contributed by atoms with Crippen LogP contribution in [0, 0.1) is 11.8 Å². The van der Waals surface area contributed by atoms with Crippen molar-refractivity contribution in [2.75, 3.05) is 0 Å². The predicted molar refractivity (Wildman–Crippen MR) is 38.1 cm³/mol. The van der Waals surface area contributed by atoms with Crippen LogP contribution in [0.3, 0.4) is 0 Å². The van der Waals surface area contributed by atoms with Crippen LogP contribution in [0.25, 0.3) is 0 Å². The summed E-state index contributed by atoms with van der Waals surface area (Å²) in [6.07, 6.45) is 7.38. The molecule has 44 valence electrons. The molecule has 2 rings (SSSR count). The van der Waals surface area contributed by atoms with Crippen molar-refractivity contribution in [1.82, 2.24) is 0 Å². The monoisotopic (exact) mass is 126 g/mol. The zero-order chi connectivity index (χ0) is 5.56. The van der Waals surface area contributed by atoms with Gasteiger partial charge < -0.3 is 0 Å². The lowest BCUT2D eigenvalue weighted by atomic mass is 10.1. The number of allylic oxidation sites excluding steroid dienone is 2. The minimum atomic E-state index is 0.685. The van der Waals surface area contributed by atoms with E-state index in [2.05, 4.69) is 24.8 Å². The van der Waals surface area contributed by atoms with E-state index in [0.29, 0.717) is 5.25 Å². The quantitative estimate of drug-likeness (QED) is 0.372. The van der Waals surface area contributed by atoms with E-state index < -0.39 is 0 Å². The molecule has 2 aliphatic carbocycles. The molecular weight excluding hydrogens is 116 g/mol. The van der Waals surface area contributed by atoms with Crippen LogP contribution < -0.4 is 0 Å². The van der Waals surface area contributed by atoms with E-state index in [1.54, 1.807) is 0 Å². The standard InChI is InChI=1S/C7H10S/c8-7-4-5-1-2-6(7)3-5/h1-2,5-8H,3-4H2/t5-,6+,7?/m0/s1. The van der Waals surface area contributed by atoms with E-state index >= 15 is 0 Å². The summed E-state index contributed by atoms with van der Waals surface area (Å²) in [5, 5.41) is 0.685. The second-order valence-electron chi connectivity index (χ2n) is 2.85. The molecule has 3 atom stereocenters. The van der Waals surface area contributed by atoms with Crippen molar-refractivity contribution >= 4 is 12.6 Å². The summed E-state index contributed by atoms with van der Waals surface area (Å²) >= 11 is 4.45. The van der Waals surface area contributed by atoms with Gasteiger partial charge in [0.25, 0.3) is 0 Å². The summed E-state index contributed by atoms with van der Waals surface area (Å²) < 4.78 is 0. The molecule has 8 heavy (non-hydrogen) atoms. The van der Waals surface area contributed by atoms with Crippen molar-refractivity contribution in [3.8, 4) is 0 Å². The molecule has 0 saturated heterocycles. The molecule has 1 heteroatoms. The molecule has 2 aliphatic rings. The highest BCUT2D eigenvalue weighted by Crippen LogP contribution is 2.41. The fraction of sp³-hybridized carbons (Fsp3) is 0.714. The molecule has 0 nitrogen and oxygen atoms in total. The van der Waals surface area contributed by atoms with E-state index in [-0.39, 0.29) is 0 Å². The molecule has 0 amide bonds. The van der Waals surface area contributed by atoms with E-state index in [1.165, 1.54) is 12.8 Å². The first-order valence-electron chi connectivity index (χ1n) is 3.22. The summed E-state index contributed by atoms with van der Waals surface area (Å²) in [6.45, 7) is 0. The average Bonchev–Trinajstić information content (AvgIpc) is 2.23. The molecule has 0 spiro atoms. The van der Waals surface area contributed by atoms with Crippen LogP contribution in [-0.4, -0.2) is 5.25 Å². The van der Waals surface area contributed by atoms with Crippen molar-refractivity contribution in [2.24, 2.45) is 11.8 Å². The SMILES string of the molecule is SC1C[C@H]2C=C[C@@H]1C2. The lowest BCUT2D eigenvalue weighted by Gasteiger charge is -2.08. The average molecular weight is 126 g/mol. The highest BCUT2D eigenvalue weighted by atomic mass is 32.1. The van der Waals surface area contributed by atoms with Gasteiger partial charge in [-0.3, -0.25) is 0 Å². The van der Waals surface area contributed by atoms with Gasteiger partial charge in [0.05, 0.1) is 0 Å². The molecule has 0 N–H and O–H groups in total. The van der Waals surface area contributed by atoms with E-state index in [9.17, 15) is 0 Å². The minimum Gasteiger partial charge on any atom is -0.175 e. The number of hydrogen-bond acceptors (Lipinski definition) is 1. The lowest BCUT2D eigenvalue weighted by Crippen LogP contribution is -2.04. The number of thiol groups is 1. The fourth-order valence-corrected chi connectivity index (χ4v) is 2.24. The van der Waals surface area contributed by atoms with Gasteiger partial charge in [-0.05, 0) is 24.7 Å². The smallest absolute Gasteiger partial charge is 0.00854 e. The molecule has 2 bridgehead atoms. The van der Waals surface area contributed by atoms with Gasteiger partial charge in [-0.25, -0.2) is 0 Å². The molecule has 0 radical (unpaired) electrons. The maximum Gasteiger partial charge on any atom is 0.00854 e. The Hall–Kier alpha value is 0.0900. The first-order chi connectivity index (χ1) is 3.86. The molecule has 0 aromatic carbocycles. The molecule has 0 heterocycles. The largest absolute Gasteiger partial charge is 0.175 e. The van der Waals surface area contributed by atoms with Gasteiger partial charge in [-0.15, -0.1) is 0 Å². The van der Waals surface area contributed by atoms with Crippen LogP contribution in [0.4, 0.5) is 0 Å². The summed E-state index contributed by atoms with van der Waals surface area (Å²) in [4.78, 5) is 0. The summed E-state index contributed by atoms with van der Waals surface area (Å²) in [6, 6.07) is 0. The Labute approximate surface area is 55.4 Å². The van der Waals surface area contributed by atoms with Gasteiger partial charge in [0.15, 0.2) is 0 Å². The van der Waals surface area contributed by atoms with Crippen LogP contribution in [0.15, 0.2) is 12.2 Å². The molecule has 1 saturated carbocycles. The van der Waals surface area contributed by atoms with E-state index in [1.807, 2.05) is 0 Å². The Bertz CT molecular complexity index is 128. The van der Waals surface area contributed by atoms with Crippen molar-refractivity contribution in [3.63, 3.8) is 0 Å². The van der Waals surface area contributed by atoms with Gasteiger partial charge in [-0.1, -0.05) is 12.2 Å². The van der Waals surface area contributed by atoms with Crippen molar-refractivity contribution < 1.29 is 0 Å². The van der Waals surface area contributed by atoms with Crippen molar-refractivity contribution in [1.29, 1.82) is 0 Å². The molecule has 0 aromatic heterocycles. The third-order valence-electron chi connectivity index (χ3n) is 2.24. The lowest BCUT2D eigenvalue weighted by molar-refractivity contribution is 0.692. The van der Waals surface area contributed by atoms with Gasteiger partial charge >= 0.3 is 0 Å². The second kappa shape index (κ2) is 1.53. The van der Waals surface area contributed by atoms with Crippen LogP contribution in [0.2, 0.25) is 0 Å². The Balaban J connectivity index is 2.23. The topological polar surface area (TPSA) is 0 Å². The Kier molecular flexibility index (Phi) is 0.944. The first kappa shape index (κ1) is 4.92. The molecule has 0 aliphatic heterocycles. The van der Waals surface area contributed by atoms with Crippen LogP contribution in [0.1, 0.15) is 12.8 Å². The zero-order valence-electron chi connectivity index (χ0n) is 4.75. The third-order valence-corrected chi connectivity index (χ3v) is 2.84. The van der Waals surface area contributed by atoms with Gasteiger partial charge in [0, 0.05) is 5.25 Å². The zero-order valence-corrected chi connectivity index (χ0v) is 5.64. The predicted octanol–water partition coefficient (Wildman–Crippen LogP) is 1.88. The minimum absolute atomic E-state index is 0.685. The Morgan fingerprint density at radius 1 is 1.25 bits per heavy atom. The van der Waals surface area contributed by atoms with E-state index in [0.717, 1.165) is 11.8 Å². The fourth-order valence-electron chi connectivity index (χ4n) is 1.75. The summed E-state index contributed by atoms with van der Waals surface area (Å²) in [5.41, 5.74) is 0. The molecule has 1 fully saturated rings. The third kappa shape index (κ3) is 0.540. The van der Waals surface area contributed by atoms with Gasteiger partial charge in [0.2, 0.25) is 0 Å². The maximum atomic E-state index is 4.45. The Morgan fingerprint density at radius 2 is 2.12 bits per heavy atom. The molecule has 0 aromatic rings. The van der Waals surface area contributed by atoms with E-state index in [4.69, 9.17) is 0 Å². The van der Waals surface area contributed by atoms with Crippen LogP contribution in [-0.2, 0) is 0 Å². The van der Waals surface area contributed by atoms with Crippen molar-refractivity contribution in [2.45, 2.75) is 18.1 Å². The summed E-state index contributed by atoms with van der Waals surface area (Å²) in [5.74, 6) is 1.71. The first-order valence-corrected chi connectivity index (χ1v) is 3.74. The summed E-state index contributed by atoms with van der Waals surface area (Å²) in [7, 11) is 0. The highest BCUT2D eigenvalue weighted by molar-refractivity contribution is 7.81. The van der Waals surface area contributed by atoms with Crippen LogP contribution >= 0.6 is 12.6 Å². The number of fused-ring (bicyclic) bond motifs is 2.